The molecule has 3 fully saturated rings. The molecular formula is C21H31FO2. The van der Waals surface area contributed by atoms with Gasteiger partial charge >= 0.3 is 0 Å². The molecule has 3 saturated carbocycles. The Balaban J connectivity index is 1.59. The van der Waals surface area contributed by atoms with E-state index in [1.54, 1.807) is 6.92 Å². The molecule has 0 saturated heterocycles. The summed E-state index contributed by atoms with van der Waals surface area (Å²) in [6, 6.07) is 0. The Bertz CT molecular complexity index is 570. The van der Waals surface area contributed by atoms with Crippen molar-refractivity contribution >= 4 is 5.78 Å². The van der Waals surface area contributed by atoms with Gasteiger partial charge in [0.15, 0.2) is 0 Å². The number of Topliss-reactive ketones (excluding diaryl/α,β-unsaturated/α-hetero) is 1. The van der Waals surface area contributed by atoms with Gasteiger partial charge in [-0.1, -0.05) is 18.6 Å². The van der Waals surface area contributed by atoms with Crippen LogP contribution in [-0.4, -0.2) is 23.2 Å². The van der Waals surface area contributed by atoms with Crippen LogP contribution in [0.25, 0.3) is 0 Å². The van der Waals surface area contributed by atoms with Crippen LogP contribution in [0, 0.1) is 35.0 Å². The lowest BCUT2D eigenvalue weighted by Crippen LogP contribution is -2.48. The Hall–Kier alpha value is -0.700. The third-order valence-electron chi connectivity index (χ3n) is 8.33. The molecule has 1 N–H and O–H groups in total. The summed E-state index contributed by atoms with van der Waals surface area (Å²) in [5, 5.41) is 10.3. The second-order valence-electron chi connectivity index (χ2n) is 9.41. The summed E-state index contributed by atoms with van der Waals surface area (Å²) in [6.07, 6.45) is 10.1. The first-order valence-corrected chi connectivity index (χ1v) is 9.86. The molecule has 24 heavy (non-hydrogen) atoms. The summed E-state index contributed by atoms with van der Waals surface area (Å²) in [6.45, 7) is 3.53. The molecule has 0 spiro atoms. The van der Waals surface area contributed by atoms with E-state index in [1.807, 2.05) is 0 Å². The van der Waals surface area contributed by atoms with Crippen molar-refractivity contribution < 1.29 is 14.3 Å². The zero-order chi connectivity index (χ0) is 17.1. The van der Waals surface area contributed by atoms with E-state index in [-0.39, 0.29) is 11.3 Å². The van der Waals surface area contributed by atoms with Crippen LogP contribution in [0.5, 0.6) is 0 Å². The first-order valence-electron chi connectivity index (χ1n) is 9.86. The number of rotatable bonds is 2. The number of allylic oxidation sites excluding steroid dienone is 1. The number of halogens is 1. The quantitative estimate of drug-likeness (QED) is 0.757. The van der Waals surface area contributed by atoms with Crippen LogP contribution >= 0.6 is 0 Å². The normalized spacial score (nSPS) is 50.5. The van der Waals surface area contributed by atoms with Crippen LogP contribution < -0.4 is 0 Å². The zero-order valence-corrected chi connectivity index (χ0v) is 15.1. The van der Waals surface area contributed by atoms with E-state index >= 15 is 0 Å². The van der Waals surface area contributed by atoms with Gasteiger partial charge in [-0.25, -0.2) is 4.39 Å². The average Bonchev–Trinajstić information content (AvgIpc) is 2.91. The van der Waals surface area contributed by atoms with Gasteiger partial charge < -0.3 is 5.11 Å². The Morgan fingerprint density at radius 3 is 2.75 bits per heavy atom. The molecule has 4 aliphatic rings. The lowest BCUT2D eigenvalue weighted by molar-refractivity contribution is -0.126. The molecule has 2 nitrogen and oxygen atoms in total. The molecule has 4 rings (SSSR count). The van der Waals surface area contributed by atoms with Gasteiger partial charge in [-0.3, -0.25) is 4.79 Å². The van der Waals surface area contributed by atoms with Crippen LogP contribution in [-0.2, 0) is 4.79 Å². The van der Waals surface area contributed by atoms with Crippen LogP contribution in [0.3, 0.4) is 0 Å². The molecule has 0 aromatic rings. The third-order valence-corrected chi connectivity index (χ3v) is 8.33. The number of ketones is 1. The maximum absolute atomic E-state index is 13.2. The molecule has 0 unspecified atom stereocenters. The van der Waals surface area contributed by atoms with E-state index < -0.39 is 12.3 Å². The summed E-state index contributed by atoms with van der Waals surface area (Å²) < 4.78 is 13.2. The van der Waals surface area contributed by atoms with E-state index in [0.717, 1.165) is 19.3 Å². The molecule has 0 aliphatic heterocycles. The number of aliphatic hydroxyl groups is 1. The number of hydrogen-bond acceptors (Lipinski definition) is 2. The fourth-order valence-corrected chi connectivity index (χ4v) is 7.15. The lowest BCUT2D eigenvalue weighted by atomic mass is 9.51. The number of hydrogen-bond donors (Lipinski definition) is 1. The van der Waals surface area contributed by atoms with Gasteiger partial charge in [-0.15, -0.1) is 0 Å². The van der Waals surface area contributed by atoms with Crippen LogP contribution in [0.15, 0.2) is 11.6 Å². The van der Waals surface area contributed by atoms with Gasteiger partial charge in [0.05, 0.1) is 5.60 Å². The van der Waals surface area contributed by atoms with E-state index in [1.165, 1.54) is 24.8 Å². The summed E-state index contributed by atoms with van der Waals surface area (Å²) >= 11 is 0. The van der Waals surface area contributed by atoms with Crippen LogP contribution in [0.4, 0.5) is 4.39 Å². The third kappa shape index (κ3) is 2.34. The Morgan fingerprint density at radius 1 is 1.25 bits per heavy atom. The van der Waals surface area contributed by atoms with Crippen molar-refractivity contribution in [2.24, 2.45) is 35.0 Å². The zero-order valence-electron chi connectivity index (χ0n) is 15.1. The monoisotopic (exact) mass is 334 g/mol. The number of carbonyl (C=O) groups is 1. The van der Waals surface area contributed by atoms with Crippen LogP contribution in [0.2, 0.25) is 0 Å². The summed E-state index contributed by atoms with van der Waals surface area (Å²) in [4.78, 5) is 12.1. The predicted octanol–water partition coefficient (Wildman–Crippen LogP) is 4.46. The largest absolute Gasteiger partial charge is 0.387 e. The molecule has 3 heteroatoms. The lowest BCUT2D eigenvalue weighted by Gasteiger charge is -2.54. The van der Waals surface area contributed by atoms with E-state index in [4.69, 9.17) is 0 Å². The standard InChI is InChI=1S/C21H31FO2/c1-13(23)18-5-6-19-17-4-3-14-11-21(24,12-22)10-8-15(14)16(17)7-9-20(18,19)2/h3,15-19,24H,4-12H2,1-2H3/t15-,16+,17+,18+,19-,20+,21-/m0/s1. The molecular weight excluding hydrogens is 303 g/mol. The molecule has 0 aromatic heterocycles. The van der Waals surface area contributed by atoms with Gasteiger partial charge in [0, 0.05) is 5.92 Å². The van der Waals surface area contributed by atoms with Crippen molar-refractivity contribution in [2.75, 3.05) is 6.67 Å². The minimum Gasteiger partial charge on any atom is -0.387 e. The molecule has 0 heterocycles. The van der Waals surface area contributed by atoms with Crippen molar-refractivity contribution in [3.05, 3.63) is 11.6 Å². The van der Waals surface area contributed by atoms with Gasteiger partial charge in [-0.05, 0) is 87.4 Å². The first-order chi connectivity index (χ1) is 11.4. The van der Waals surface area contributed by atoms with Crippen molar-refractivity contribution in [2.45, 2.75) is 70.8 Å². The van der Waals surface area contributed by atoms with E-state index in [2.05, 4.69) is 13.0 Å². The number of fused-ring (bicyclic) bond motifs is 5. The smallest absolute Gasteiger partial charge is 0.133 e. The van der Waals surface area contributed by atoms with Gasteiger partial charge in [0.25, 0.3) is 0 Å². The van der Waals surface area contributed by atoms with Crippen LogP contribution in [0.1, 0.15) is 65.2 Å². The van der Waals surface area contributed by atoms with Gasteiger partial charge in [0.1, 0.15) is 12.5 Å². The maximum atomic E-state index is 13.2. The van der Waals surface area contributed by atoms with Crippen molar-refractivity contribution in [3.63, 3.8) is 0 Å². The summed E-state index contributed by atoms with van der Waals surface area (Å²) in [5.74, 6) is 3.26. The van der Waals surface area contributed by atoms with E-state index in [9.17, 15) is 14.3 Å². The Morgan fingerprint density at radius 2 is 2.04 bits per heavy atom. The van der Waals surface area contributed by atoms with Gasteiger partial charge in [0.2, 0.25) is 0 Å². The molecule has 134 valence electrons. The molecule has 0 aromatic carbocycles. The molecule has 7 atom stereocenters. The molecule has 0 bridgehead atoms. The van der Waals surface area contributed by atoms with E-state index in [0.29, 0.717) is 42.3 Å². The predicted molar refractivity (Wildman–Crippen MR) is 92.2 cm³/mol. The highest BCUT2D eigenvalue weighted by Gasteiger charge is 2.57. The second kappa shape index (κ2) is 5.65. The fraction of sp³-hybridized carbons (Fsp3) is 0.857. The highest BCUT2D eigenvalue weighted by Crippen LogP contribution is 2.63. The topological polar surface area (TPSA) is 37.3 Å². The fourth-order valence-electron chi connectivity index (χ4n) is 7.15. The average molecular weight is 334 g/mol. The number of carbonyl (C=O) groups excluding carboxylic acids is 1. The molecule has 0 amide bonds. The van der Waals surface area contributed by atoms with Gasteiger partial charge in [-0.2, -0.15) is 0 Å². The first kappa shape index (κ1) is 16.8. The highest BCUT2D eigenvalue weighted by atomic mass is 19.1. The Labute approximate surface area is 144 Å². The molecule has 4 aliphatic carbocycles. The number of alkyl halides is 1. The minimum absolute atomic E-state index is 0.201. The second-order valence-corrected chi connectivity index (χ2v) is 9.41. The van der Waals surface area contributed by atoms with Crippen molar-refractivity contribution in [3.8, 4) is 0 Å². The molecule has 0 radical (unpaired) electrons. The highest BCUT2D eigenvalue weighted by molar-refractivity contribution is 5.79. The van der Waals surface area contributed by atoms with Crippen molar-refractivity contribution in [1.82, 2.24) is 0 Å². The minimum atomic E-state index is -1.11. The van der Waals surface area contributed by atoms with Crippen molar-refractivity contribution in [1.29, 1.82) is 0 Å². The Kier molecular flexibility index (Phi) is 3.95. The maximum Gasteiger partial charge on any atom is 0.133 e. The summed E-state index contributed by atoms with van der Waals surface area (Å²) in [7, 11) is 0. The SMILES string of the molecule is CC(=O)[C@H]1CC[C@H]2[C@@H]3CC=C4C[C@](O)(CF)CC[C@@H]4[C@H]3CC[C@]12C. The summed E-state index contributed by atoms with van der Waals surface area (Å²) in [5.41, 5.74) is 0.422.